The molecule has 4 rings (SSSR count). The van der Waals surface area contributed by atoms with Gasteiger partial charge in [-0.15, -0.1) is 0 Å². The molecule has 1 fully saturated rings. The number of nitrogens with zero attached hydrogens (tertiary/aromatic N) is 1. The van der Waals surface area contributed by atoms with E-state index in [9.17, 15) is 9.59 Å². The maximum atomic E-state index is 13.7. The molecule has 1 saturated carbocycles. The van der Waals surface area contributed by atoms with E-state index in [-0.39, 0.29) is 18.6 Å². The monoisotopic (exact) mass is 444 g/mol. The molecule has 2 aliphatic carbocycles. The molecule has 0 heterocycles. The summed E-state index contributed by atoms with van der Waals surface area (Å²) in [6.07, 6.45) is 13.0. The third-order valence-corrected chi connectivity index (χ3v) is 6.24. The van der Waals surface area contributed by atoms with Crippen molar-refractivity contribution in [2.45, 2.75) is 57.0 Å². The van der Waals surface area contributed by atoms with Crippen molar-refractivity contribution >= 4 is 17.7 Å². The van der Waals surface area contributed by atoms with Crippen LogP contribution in [0.3, 0.4) is 0 Å². The lowest BCUT2D eigenvalue weighted by atomic mass is 9.94. The van der Waals surface area contributed by atoms with E-state index in [0.29, 0.717) is 5.69 Å². The normalized spacial score (nSPS) is 17.0. The lowest BCUT2D eigenvalue weighted by Crippen LogP contribution is -2.47. The van der Waals surface area contributed by atoms with Gasteiger partial charge in [0.25, 0.3) is 0 Å². The van der Waals surface area contributed by atoms with Crippen LogP contribution in [0.1, 0.15) is 56.6 Å². The minimum absolute atomic E-state index is 0.142. The van der Waals surface area contributed by atoms with Crippen LogP contribution in [-0.2, 0) is 9.53 Å². The number of carbonyl (C=O) groups is 2. The van der Waals surface area contributed by atoms with Crippen LogP contribution in [0, 0.1) is 0 Å². The lowest BCUT2D eigenvalue weighted by molar-refractivity contribution is -0.123. The van der Waals surface area contributed by atoms with Crippen LogP contribution in [0.2, 0.25) is 0 Å². The molecule has 2 aromatic rings. The van der Waals surface area contributed by atoms with Gasteiger partial charge in [-0.3, -0.25) is 9.69 Å². The molecule has 0 radical (unpaired) electrons. The van der Waals surface area contributed by atoms with Crippen molar-refractivity contribution in [1.29, 1.82) is 0 Å². The zero-order valence-electron chi connectivity index (χ0n) is 19.0. The van der Waals surface area contributed by atoms with Crippen LogP contribution in [-0.4, -0.2) is 24.6 Å². The summed E-state index contributed by atoms with van der Waals surface area (Å²) >= 11 is 0. The highest BCUT2D eigenvalue weighted by atomic mass is 16.6. The van der Waals surface area contributed by atoms with Crippen molar-refractivity contribution in [3.63, 3.8) is 0 Å². The molecular formula is C28H32N2O3. The maximum absolute atomic E-state index is 13.7. The highest BCUT2D eigenvalue weighted by Gasteiger charge is 2.35. The number of carbonyl (C=O) groups excluding carboxylic acids is 2. The third-order valence-electron chi connectivity index (χ3n) is 6.24. The molecule has 0 aliphatic heterocycles. The van der Waals surface area contributed by atoms with Crippen LogP contribution in [0.4, 0.5) is 10.5 Å². The molecule has 0 bridgehead atoms. The summed E-state index contributed by atoms with van der Waals surface area (Å²) in [5, 5.41) is 3.22. The van der Waals surface area contributed by atoms with E-state index in [1.165, 1.54) is 11.3 Å². The lowest BCUT2D eigenvalue weighted by Gasteiger charge is -2.32. The van der Waals surface area contributed by atoms with Crippen molar-refractivity contribution in [3.8, 4) is 0 Å². The number of amides is 2. The summed E-state index contributed by atoms with van der Waals surface area (Å²) < 4.78 is 5.73. The Morgan fingerprint density at radius 2 is 1.64 bits per heavy atom. The van der Waals surface area contributed by atoms with Gasteiger partial charge in [-0.1, -0.05) is 86.0 Å². The molecule has 5 heteroatoms. The van der Waals surface area contributed by atoms with E-state index >= 15 is 0 Å². The first-order valence-corrected chi connectivity index (χ1v) is 11.9. The smallest absolute Gasteiger partial charge is 0.415 e. The van der Waals surface area contributed by atoms with E-state index < -0.39 is 12.1 Å². The van der Waals surface area contributed by atoms with Crippen molar-refractivity contribution in [2.75, 3.05) is 11.5 Å². The average Bonchev–Trinajstić information content (AvgIpc) is 2.88. The Bertz CT molecular complexity index is 979. The second-order valence-electron chi connectivity index (χ2n) is 8.68. The van der Waals surface area contributed by atoms with Crippen LogP contribution in [0.5, 0.6) is 0 Å². The van der Waals surface area contributed by atoms with Gasteiger partial charge in [0.05, 0.1) is 0 Å². The predicted octanol–water partition coefficient (Wildman–Crippen LogP) is 6.10. The predicted molar refractivity (Wildman–Crippen MR) is 131 cm³/mol. The van der Waals surface area contributed by atoms with Gasteiger partial charge in [-0.25, -0.2) is 4.79 Å². The third kappa shape index (κ3) is 6.13. The summed E-state index contributed by atoms with van der Waals surface area (Å²) in [6.45, 7) is 0.185. The molecular weight excluding hydrogens is 412 g/mol. The quantitative estimate of drug-likeness (QED) is 0.562. The Hall–Kier alpha value is -3.34. The summed E-state index contributed by atoms with van der Waals surface area (Å²) in [5.74, 6) is -0.175. The molecule has 33 heavy (non-hydrogen) atoms. The molecule has 172 valence electrons. The SMILES string of the molecule is O=C(NC1CCCCC1)C(c1ccccc1)N(C(=O)OCC1=CCCC=C1)c1ccccc1. The number of anilines is 1. The van der Waals surface area contributed by atoms with Gasteiger partial charge < -0.3 is 10.1 Å². The second kappa shape index (κ2) is 11.5. The van der Waals surface area contributed by atoms with Gasteiger partial charge in [0, 0.05) is 11.7 Å². The van der Waals surface area contributed by atoms with Gasteiger partial charge in [0.2, 0.25) is 5.91 Å². The minimum Gasteiger partial charge on any atom is -0.444 e. The highest BCUT2D eigenvalue weighted by molar-refractivity contribution is 5.98. The molecule has 2 aromatic carbocycles. The Morgan fingerprint density at radius 3 is 2.30 bits per heavy atom. The molecule has 0 aromatic heterocycles. The van der Waals surface area contributed by atoms with Gasteiger partial charge >= 0.3 is 6.09 Å². The zero-order valence-corrected chi connectivity index (χ0v) is 19.0. The van der Waals surface area contributed by atoms with E-state index in [1.54, 1.807) is 0 Å². The number of benzene rings is 2. The topological polar surface area (TPSA) is 58.6 Å². The Balaban J connectivity index is 1.63. The summed E-state index contributed by atoms with van der Waals surface area (Å²) in [5.41, 5.74) is 2.36. The van der Waals surface area contributed by atoms with Crippen molar-refractivity contribution in [2.24, 2.45) is 0 Å². The summed E-state index contributed by atoms with van der Waals surface area (Å²) in [4.78, 5) is 28.6. The van der Waals surface area contributed by atoms with Crippen LogP contribution in [0.25, 0.3) is 0 Å². The number of para-hydroxylation sites is 1. The number of rotatable bonds is 7. The van der Waals surface area contributed by atoms with Crippen LogP contribution >= 0.6 is 0 Å². The van der Waals surface area contributed by atoms with E-state index in [2.05, 4.69) is 17.5 Å². The summed E-state index contributed by atoms with van der Waals surface area (Å²) in [7, 11) is 0. The molecule has 1 unspecified atom stereocenters. The van der Waals surface area contributed by atoms with Crippen molar-refractivity contribution in [3.05, 3.63) is 90.0 Å². The molecule has 1 atom stereocenters. The first-order chi connectivity index (χ1) is 16.2. The fourth-order valence-corrected chi connectivity index (χ4v) is 4.52. The first kappa shape index (κ1) is 22.8. The average molecular weight is 445 g/mol. The number of nitrogens with one attached hydrogen (secondary N) is 1. The van der Waals surface area contributed by atoms with Gasteiger partial charge in [0.15, 0.2) is 0 Å². The molecule has 0 saturated heterocycles. The first-order valence-electron chi connectivity index (χ1n) is 11.9. The summed E-state index contributed by atoms with van der Waals surface area (Å²) in [6, 6.07) is 18.1. The Kier molecular flexibility index (Phi) is 7.96. The maximum Gasteiger partial charge on any atom is 0.415 e. The fraction of sp³-hybridized carbons (Fsp3) is 0.357. The van der Waals surface area contributed by atoms with Gasteiger partial charge in [-0.2, -0.15) is 0 Å². The fourth-order valence-electron chi connectivity index (χ4n) is 4.52. The van der Waals surface area contributed by atoms with Crippen molar-refractivity contribution < 1.29 is 14.3 Å². The zero-order chi connectivity index (χ0) is 22.9. The van der Waals surface area contributed by atoms with Gasteiger partial charge in [0.1, 0.15) is 12.6 Å². The largest absolute Gasteiger partial charge is 0.444 e. The molecule has 1 N–H and O–H groups in total. The molecule has 5 nitrogen and oxygen atoms in total. The highest BCUT2D eigenvalue weighted by Crippen LogP contribution is 2.30. The van der Waals surface area contributed by atoms with E-state index in [1.807, 2.05) is 66.7 Å². The van der Waals surface area contributed by atoms with Crippen molar-refractivity contribution in [1.82, 2.24) is 5.32 Å². The molecule has 2 aliphatic rings. The standard InChI is InChI=1S/C28H32N2O3/c31-27(29-24-17-9-3-10-18-24)26(23-15-7-2-8-16-23)30(25-19-11-4-12-20-25)28(32)33-21-22-13-5-1-6-14-22/h2,4-5,7-8,11-16,19-20,24,26H,1,3,6,9-10,17-18,21H2,(H,29,31). The number of hydrogen-bond acceptors (Lipinski definition) is 3. The Morgan fingerprint density at radius 1 is 0.939 bits per heavy atom. The molecule has 2 amide bonds. The minimum atomic E-state index is -0.820. The number of ether oxygens (including phenoxy) is 1. The number of allylic oxidation sites excluding steroid dienone is 2. The molecule has 0 spiro atoms. The number of hydrogen-bond donors (Lipinski definition) is 1. The van der Waals surface area contributed by atoms with Gasteiger partial charge in [-0.05, 0) is 49.0 Å². The van der Waals surface area contributed by atoms with E-state index in [0.717, 1.165) is 49.7 Å². The van der Waals surface area contributed by atoms with E-state index in [4.69, 9.17) is 4.74 Å². The second-order valence-corrected chi connectivity index (χ2v) is 8.68. The van der Waals surface area contributed by atoms with Crippen LogP contribution in [0.15, 0.2) is 84.5 Å². The Labute approximate surface area is 196 Å². The van der Waals surface area contributed by atoms with Crippen LogP contribution < -0.4 is 10.2 Å².